The lowest BCUT2D eigenvalue weighted by Gasteiger charge is -2.28. The van der Waals surface area contributed by atoms with Crippen LogP contribution in [0.3, 0.4) is 0 Å². The van der Waals surface area contributed by atoms with E-state index in [4.69, 9.17) is 12.2 Å². The zero-order valence-corrected chi connectivity index (χ0v) is 20.3. The molecule has 9 heteroatoms. The first-order chi connectivity index (χ1) is 15.5. The third kappa shape index (κ3) is 3.41. The Labute approximate surface area is 200 Å². The van der Waals surface area contributed by atoms with Gasteiger partial charge in [-0.2, -0.15) is 0 Å². The number of thiocarbonyl (C=S) groups is 1. The van der Waals surface area contributed by atoms with Crippen LogP contribution in [0.1, 0.15) is 40.3 Å². The van der Waals surface area contributed by atoms with Crippen molar-refractivity contribution in [1.82, 2.24) is 29.9 Å². The molecule has 1 saturated heterocycles. The Morgan fingerprint density at radius 3 is 2.50 bits per heavy atom. The molecule has 0 radical (unpaired) electrons. The van der Waals surface area contributed by atoms with Gasteiger partial charge >= 0.3 is 0 Å². The Morgan fingerprint density at radius 1 is 1.03 bits per heavy atom. The molecule has 1 N–H and O–H groups in total. The first kappa shape index (κ1) is 20.8. The predicted octanol–water partition coefficient (Wildman–Crippen LogP) is 4.65. The average molecular weight is 508 g/mol. The second-order valence-electron chi connectivity index (χ2n) is 7.91. The van der Waals surface area contributed by atoms with Gasteiger partial charge in [0.2, 0.25) is 0 Å². The molecule has 3 aromatic heterocycles. The van der Waals surface area contributed by atoms with Crippen molar-refractivity contribution in [2.45, 2.75) is 32.9 Å². The molecule has 162 valence electrons. The zero-order chi connectivity index (χ0) is 22.4. The summed E-state index contributed by atoms with van der Waals surface area (Å²) in [4.78, 5) is 6.85. The van der Waals surface area contributed by atoms with Gasteiger partial charge in [0.15, 0.2) is 5.11 Å². The van der Waals surface area contributed by atoms with Crippen LogP contribution in [-0.2, 0) is 0 Å². The fourth-order valence-electron chi connectivity index (χ4n) is 4.46. The molecule has 1 aromatic carbocycles. The van der Waals surface area contributed by atoms with Crippen LogP contribution in [0.5, 0.6) is 0 Å². The lowest BCUT2D eigenvalue weighted by molar-refractivity contribution is 0.557. The number of halogens is 1. The summed E-state index contributed by atoms with van der Waals surface area (Å²) in [5, 5.41) is 12.2. The molecule has 4 aromatic rings. The van der Waals surface area contributed by atoms with E-state index in [0.29, 0.717) is 5.11 Å². The molecule has 32 heavy (non-hydrogen) atoms. The Hall–Kier alpha value is -3.04. The van der Waals surface area contributed by atoms with Gasteiger partial charge in [-0.3, -0.25) is 9.66 Å². The Bertz CT molecular complexity index is 1280. The average Bonchev–Trinajstić information content (AvgIpc) is 3.49. The van der Waals surface area contributed by atoms with Gasteiger partial charge in [0.1, 0.15) is 12.7 Å². The summed E-state index contributed by atoms with van der Waals surface area (Å²) in [5.74, 6) is 0. The van der Waals surface area contributed by atoms with Gasteiger partial charge in [0, 0.05) is 33.3 Å². The van der Waals surface area contributed by atoms with Gasteiger partial charge in [0.25, 0.3) is 0 Å². The largest absolute Gasteiger partial charge is 0.351 e. The molecular weight excluding hydrogens is 486 g/mol. The second kappa shape index (κ2) is 8.14. The summed E-state index contributed by atoms with van der Waals surface area (Å²) in [6.07, 6.45) is 5.23. The van der Waals surface area contributed by atoms with Crippen molar-refractivity contribution in [1.29, 1.82) is 0 Å². The third-order valence-corrected chi connectivity index (χ3v) is 7.11. The van der Waals surface area contributed by atoms with Crippen LogP contribution in [0, 0.1) is 20.8 Å². The minimum atomic E-state index is -0.0949. The number of nitrogens with one attached hydrogen (secondary N) is 1. The number of hydrogen-bond acceptors (Lipinski definition) is 4. The van der Waals surface area contributed by atoms with Gasteiger partial charge in [0.05, 0.1) is 17.8 Å². The number of aromatic nitrogens is 5. The Morgan fingerprint density at radius 2 is 1.81 bits per heavy atom. The van der Waals surface area contributed by atoms with Gasteiger partial charge in [-0.25, -0.2) is 4.68 Å². The minimum Gasteiger partial charge on any atom is -0.351 e. The van der Waals surface area contributed by atoms with Gasteiger partial charge in [-0.1, -0.05) is 22.0 Å². The lowest BCUT2D eigenvalue weighted by atomic mass is 9.96. The van der Waals surface area contributed by atoms with Crippen molar-refractivity contribution < 1.29 is 0 Å². The van der Waals surface area contributed by atoms with Crippen molar-refractivity contribution in [3.63, 3.8) is 0 Å². The van der Waals surface area contributed by atoms with Crippen LogP contribution >= 0.6 is 28.1 Å². The quantitative estimate of drug-likeness (QED) is 0.405. The molecule has 0 aliphatic carbocycles. The van der Waals surface area contributed by atoms with Crippen molar-refractivity contribution in [3.8, 4) is 0 Å². The SMILES string of the molecule is Cc1cc(N2C(=S)NC(c3ccccn3)C2c2cc(C)n(-n3cnnc3)c2C)ccc1Br. The summed E-state index contributed by atoms with van der Waals surface area (Å²) in [6.45, 7) is 6.29. The number of hydrogen-bond donors (Lipinski definition) is 1. The third-order valence-electron chi connectivity index (χ3n) is 5.91. The lowest BCUT2D eigenvalue weighted by Crippen LogP contribution is -2.29. The van der Waals surface area contributed by atoms with E-state index in [1.165, 1.54) is 5.56 Å². The molecule has 1 aliphatic rings. The molecule has 4 heterocycles. The molecule has 2 atom stereocenters. The van der Waals surface area contributed by atoms with Crippen LogP contribution < -0.4 is 10.2 Å². The van der Waals surface area contributed by atoms with E-state index in [1.54, 1.807) is 12.7 Å². The van der Waals surface area contributed by atoms with Gasteiger partial charge in [-0.15, -0.1) is 10.2 Å². The van der Waals surface area contributed by atoms with Crippen LogP contribution in [0.25, 0.3) is 0 Å². The van der Waals surface area contributed by atoms with E-state index in [2.05, 4.69) is 91.0 Å². The molecule has 0 saturated carbocycles. The Kier molecular flexibility index (Phi) is 5.30. The highest BCUT2D eigenvalue weighted by molar-refractivity contribution is 9.10. The van der Waals surface area contributed by atoms with E-state index in [9.17, 15) is 0 Å². The van der Waals surface area contributed by atoms with E-state index in [-0.39, 0.29) is 12.1 Å². The van der Waals surface area contributed by atoms with Crippen LogP contribution in [-0.4, -0.2) is 29.6 Å². The van der Waals surface area contributed by atoms with Crippen LogP contribution in [0.15, 0.2) is 65.8 Å². The predicted molar refractivity (Wildman–Crippen MR) is 132 cm³/mol. The maximum Gasteiger partial charge on any atom is 0.174 e. The smallest absolute Gasteiger partial charge is 0.174 e. The normalized spacial score (nSPS) is 18.2. The highest BCUT2D eigenvalue weighted by Gasteiger charge is 2.42. The van der Waals surface area contributed by atoms with E-state index in [0.717, 1.165) is 32.8 Å². The molecule has 5 rings (SSSR count). The fourth-order valence-corrected chi connectivity index (χ4v) is 5.05. The summed E-state index contributed by atoms with van der Waals surface area (Å²) in [6, 6.07) is 14.3. The fraction of sp³-hybridized carbons (Fsp3) is 0.217. The van der Waals surface area contributed by atoms with Crippen molar-refractivity contribution >= 4 is 38.9 Å². The van der Waals surface area contributed by atoms with Crippen LogP contribution in [0.2, 0.25) is 0 Å². The maximum absolute atomic E-state index is 5.86. The summed E-state index contributed by atoms with van der Waals surface area (Å²) in [5.41, 5.74) is 6.49. The van der Waals surface area contributed by atoms with Crippen molar-refractivity contribution in [2.24, 2.45) is 0 Å². The molecule has 0 spiro atoms. The van der Waals surface area contributed by atoms with Gasteiger partial charge in [-0.05, 0) is 75.0 Å². The summed E-state index contributed by atoms with van der Waals surface area (Å²) < 4.78 is 5.07. The first-order valence-corrected chi connectivity index (χ1v) is 11.5. The molecule has 2 unspecified atom stereocenters. The number of pyridine rings is 1. The molecule has 1 fully saturated rings. The van der Waals surface area contributed by atoms with Crippen LogP contribution in [0.4, 0.5) is 5.69 Å². The van der Waals surface area contributed by atoms with E-state index < -0.39 is 0 Å². The highest BCUT2D eigenvalue weighted by Crippen LogP contribution is 2.43. The molecule has 0 bridgehead atoms. The number of aryl methyl sites for hydroxylation is 2. The highest BCUT2D eigenvalue weighted by atomic mass is 79.9. The van der Waals surface area contributed by atoms with Crippen molar-refractivity contribution in [2.75, 3.05) is 4.90 Å². The Balaban J connectivity index is 1.69. The van der Waals surface area contributed by atoms with Crippen molar-refractivity contribution in [3.05, 3.63) is 94.0 Å². The molecular formula is C23H22BrN7S. The maximum atomic E-state index is 5.86. The first-order valence-electron chi connectivity index (χ1n) is 10.3. The summed E-state index contributed by atoms with van der Waals surface area (Å²) >= 11 is 9.47. The standard InChI is InChI=1S/C23H22BrN7S/c1-14-10-17(7-8-19(14)24)30-22(21(28-23(30)32)20-6-4-5-9-25-20)18-11-15(2)31(16(18)3)29-12-26-27-13-29/h4-13,21-22H,1-3H3,(H,28,32). The molecule has 0 amide bonds. The van der Waals surface area contributed by atoms with Gasteiger partial charge < -0.3 is 10.2 Å². The molecule has 1 aliphatic heterocycles. The number of nitrogens with zero attached hydrogens (tertiary/aromatic N) is 6. The number of anilines is 1. The summed E-state index contributed by atoms with van der Waals surface area (Å²) in [7, 11) is 0. The topological polar surface area (TPSA) is 63.8 Å². The molecule has 7 nitrogen and oxygen atoms in total. The zero-order valence-electron chi connectivity index (χ0n) is 17.9. The second-order valence-corrected chi connectivity index (χ2v) is 9.15. The van der Waals surface area contributed by atoms with E-state index >= 15 is 0 Å². The monoisotopic (exact) mass is 507 g/mol. The number of benzene rings is 1. The van der Waals surface area contributed by atoms with E-state index in [1.807, 2.05) is 29.1 Å². The number of rotatable bonds is 4. The minimum absolute atomic E-state index is 0.0746.